The molecule has 0 saturated carbocycles. The van der Waals surface area contributed by atoms with Gasteiger partial charge < -0.3 is 4.74 Å². The lowest BCUT2D eigenvalue weighted by molar-refractivity contribution is -0.139. The van der Waals surface area contributed by atoms with Gasteiger partial charge in [-0.25, -0.2) is 4.79 Å². The van der Waals surface area contributed by atoms with E-state index in [0.717, 1.165) is 6.42 Å². The predicted octanol–water partition coefficient (Wildman–Crippen LogP) is 11.1. The molecule has 0 fully saturated rings. The van der Waals surface area contributed by atoms with Crippen LogP contribution in [0.5, 0.6) is 0 Å². The highest BCUT2D eigenvalue weighted by molar-refractivity contribution is 5.86. The summed E-state index contributed by atoms with van der Waals surface area (Å²) < 4.78 is 5.08. The van der Waals surface area contributed by atoms with Gasteiger partial charge in [0, 0.05) is 5.57 Å². The van der Waals surface area contributed by atoms with E-state index in [1.807, 2.05) is 0 Å². The van der Waals surface area contributed by atoms with Gasteiger partial charge in [-0.15, -0.1) is 0 Å². The molecule has 33 heavy (non-hydrogen) atoms. The third-order valence-electron chi connectivity index (χ3n) is 6.29. The van der Waals surface area contributed by atoms with Crippen LogP contribution in [-0.4, -0.2) is 12.6 Å². The fraction of sp³-hybridized carbons (Fsp3) is 0.903. The molecular formula is C31H62O2. The molecular weight excluding hydrogens is 404 g/mol. The quantitative estimate of drug-likeness (QED) is 0.0802. The van der Waals surface area contributed by atoms with Gasteiger partial charge in [-0.2, -0.15) is 0 Å². The van der Waals surface area contributed by atoms with E-state index in [-0.39, 0.29) is 5.97 Å². The van der Waals surface area contributed by atoms with E-state index in [1.165, 1.54) is 141 Å². The number of hydrogen-bond donors (Lipinski definition) is 0. The molecule has 0 aromatic heterocycles. The first-order valence-electron chi connectivity index (χ1n) is 14.9. The fourth-order valence-electron chi connectivity index (χ4n) is 3.97. The van der Waals surface area contributed by atoms with Gasteiger partial charge >= 0.3 is 5.97 Å². The summed E-state index contributed by atoms with van der Waals surface area (Å²) in [7, 11) is 0. The Morgan fingerprint density at radius 1 is 0.485 bits per heavy atom. The van der Waals surface area contributed by atoms with Gasteiger partial charge in [-0.05, 0) is 13.3 Å². The van der Waals surface area contributed by atoms with Gasteiger partial charge in [0.15, 0.2) is 0 Å². The number of rotatable bonds is 24. The topological polar surface area (TPSA) is 26.3 Å². The van der Waals surface area contributed by atoms with Crippen molar-refractivity contribution in [1.29, 1.82) is 0 Å². The molecule has 2 heteroatoms. The van der Waals surface area contributed by atoms with Crippen LogP contribution in [0.15, 0.2) is 12.2 Å². The molecule has 0 saturated heterocycles. The summed E-state index contributed by atoms with van der Waals surface area (Å²) >= 11 is 0. The molecule has 0 atom stereocenters. The van der Waals surface area contributed by atoms with Crippen LogP contribution in [-0.2, 0) is 9.53 Å². The number of unbranched alkanes of at least 4 members (excludes halogenated alkanes) is 21. The van der Waals surface area contributed by atoms with Gasteiger partial charge in [0.2, 0.25) is 0 Å². The third-order valence-corrected chi connectivity index (χ3v) is 6.29. The molecule has 0 spiro atoms. The third kappa shape index (κ3) is 33.5. The molecule has 0 aromatic carbocycles. The first-order chi connectivity index (χ1) is 16.1. The van der Waals surface area contributed by atoms with Gasteiger partial charge in [-0.1, -0.05) is 169 Å². The zero-order valence-electron chi connectivity index (χ0n) is 23.5. The second-order valence-electron chi connectivity index (χ2n) is 9.99. The van der Waals surface area contributed by atoms with E-state index < -0.39 is 0 Å². The van der Waals surface area contributed by atoms with Crippen molar-refractivity contribution < 1.29 is 9.53 Å². The van der Waals surface area contributed by atoms with Crippen molar-refractivity contribution in [3.05, 3.63) is 12.2 Å². The smallest absolute Gasteiger partial charge is 0.333 e. The van der Waals surface area contributed by atoms with E-state index in [1.54, 1.807) is 6.92 Å². The fourth-order valence-corrected chi connectivity index (χ4v) is 3.97. The zero-order chi connectivity index (χ0) is 24.8. The first-order valence-corrected chi connectivity index (χ1v) is 14.9. The highest BCUT2D eigenvalue weighted by Crippen LogP contribution is 2.13. The molecule has 0 aliphatic rings. The summed E-state index contributed by atoms with van der Waals surface area (Å²) in [4.78, 5) is 11.2. The average molecular weight is 467 g/mol. The molecule has 2 nitrogen and oxygen atoms in total. The minimum atomic E-state index is -0.254. The van der Waals surface area contributed by atoms with E-state index in [9.17, 15) is 4.79 Å². The Balaban J connectivity index is 0. The van der Waals surface area contributed by atoms with Gasteiger partial charge in [0.1, 0.15) is 0 Å². The minimum absolute atomic E-state index is 0.254. The Labute approximate surface area is 209 Å². The second-order valence-corrected chi connectivity index (χ2v) is 9.99. The lowest BCUT2D eigenvalue weighted by Gasteiger charge is -2.05. The molecule has 0 radical (unpaired) electrons. The molecule has 0 heterocycles. The Bertz CT molecular complexity index is 380. The van der Waals surface area contributed by atoms with E-state index >= 15 is 0 Å². The van der Waals surface area contributed by atoms with Crippen LogP contribution in [0.25, 0.3) is 0 Å². The lowest BCUT2D eigenvalue weighted by Crippen LogP contribution is -2.05. The number of carbonyl (C=O) groups is 1. The molecule has 0 amide bonds. The maximum Gasteiger partial charge on any atom is 0.333 e. The number of ether oxygens (including phenoxy) is 1. The zero-order valence-corrected chi connectivity index (χ0v) is 23.5. The normalized spacial score (nSPS) is 10.5. The highest BCUT2D eigenvalue weighted by Gasteiger charge is 2.01. The van der Waals surface area contributed by atoms with Crippen LogP contribution < -0.4 is 0 Å². The molecule has 0 unspecified atom stereocenters. The Hall–Kier alpha value is -0.790. The number of esters is 1. The maximum absolute atomic E-state index is 11.2. The van der Waals surface area contributed by atoms with Crippen LogP contribution in [0.1, 0.15) is 175 Å². The summed E-state index contributed by atoms with van der Waals surface area (Å²) in [5.74, 6) is -0.254. The van der Waals surface area contributed by atoms with Crippen molar-refractivity contribution >= 4 is 5.97 Å². The molecule has 0 rings (SSSR count). The van der Waals surface area contributed by atoms with Crippen LogP contribution in [0.4, 0.5) is 0 Å². The van der Waals surface area contributed by atoms with Crippen LogP contribution in [0.2, 0.25) is 0 Å². The average Bonchev–Trinajstić information content (AvgIpc) is 2.81. The monoisotopic (exact) mass is 466 g/mol. The molecule has 0 aliphatic heterocycles. The van der Waals surface area contributed by atoms with Crippen molar-refractivity contribution in [1.82, 2.24) is 0 Å². The maximum atomic E-state index is 11.2. The standard InChI is InChI=1S/C21H40O2.C10H22/c1-4-5-6-7-8-9-10-11-12-13-14-15-16-17-18-19-23-21(22)20(2)3;1-3-5-7-9-10-8-6-4-2/h2,4-19H2,1,3H3;3-10H2,1-2H3. The first kappa shape index (κ1) is 34.4. The number of carbonyl (C=O) groups excluding carboxylic acids is 1. The molecule has 0 aromatic rings. The largest absolute Gasteiger partial charge is 0.462 e. The summed E-state index contributed by atoms with van der Waals surface area (Å²) in [5.41, 5.74) is 0.492. The lowest BCUT2D eigenvalue weighted by atomic mass is 10.0. The summed E-state index contributed by atoms with van der Waals surface area (Å²) in [6, 6.07) is 0. The molecule has 198 valence electrons. The van der Waals surface area contributed by atoms with Gasteiger partial charge in [-0.3, -0.25) is 0 Å². The SMILES string of the molecule is C=C(C)C(=O)OCCCCCCCCCCCCCCCCC.CCCCCCCCCC. The molecule has 0 N–H and O–H groups in total. The second kappa shape index (κ2) is 31.2. The Morgan fingerprint density at radius 2 is 0.727 bits per heavy atom. The number of hydrogen-bond acceptors (Lipinski definition) is 2. The van der Waals surface area contributed by atoms with Crippen molar-refractivity contribution in [2.45, 2.75) is 175 Å². The van der Waals surface area contributed by atoms with Crippen molar-refractivity contribution in [2.75, 3.05) is 6.61 Å². The van der Waals surface area contributed by atoms with Crippen molar-refractivity contribution in [3.63, 3.8) is 0 Å². The van der Waals surface area contributed by atoms with Crippen LogP contribution >= 0.6 is 0 Å². The predicted molar refractivity (Wildman–Crippen MR) is 149 cm³/mol. The van der Waals surface area contributed by atoms with Crippen molar-refractivity contribution in [3.8, 4) is 0 Å². The Kier molecular flexibility index (Phi) is 32.5. The van der Waals surface area contributed by atoms with E-state index in [2.05, 4.69) is 27.4 Å². The van der Waals surface area contributed by atoms with Gasteiger partial charge in [0.05, 0.1) is 6.61 Å². The van der Waals surface area contributed by atoms with E-state index in [4.69, 9.17) is 4.74 Å². The van der Waals surface area contributed by atoms with E-state index in [0.29, 0.717) is 12.2 Å². The van der Waals surface area contributed by atoms with Crippen LogP contribution in [0, 0.1) is 0 Å². The Morgan fingerprint density at radius 3 is 0.970 bits per heavy atom. The molecule has 0 bridgehead atoms. The summed E-state index contributed by atoms with van der Waals surface area (Å²) in [6.45, 7) is 12.6. The summed E-state index contributed by atoms with van der Waals surface area (Å²) in [5, 5.41) is 0. The van der Waals surface area contributed by atoms with Gasteiger partial charge in [0.25, 0.3) is 0 Å². The summed E-state index contributed by atoms with van der Waals surface area (Å²) in [6.07, 6.45) is 31.7. The van der Waals surface area contributed by atoms with Crippen LogP contribution in [0.3, 0.4) is 0 Å². The minimum Gasteiger partial charge on any atom is -0.462 e. The molecule has 0 aliphatic carbocycles. The highest BCUT2D eigenvalue weighted by atomic mass is 16.5. The van der Waals surface area contributed by atoms with Crippen molar-refractivity contribution in [2.24, 2.45) is 0 Å².